The Morgan fingerprint density at radius 1 is 1.50 bits per heavy atom. The maximum absolute atomic E-state index is 12.4. The van der Waals surface area contributed by atoms with Crippen LogP contribution >= 0.6 is 22.7 Å². The van der Waals surface area contributed by atoms with Gasteiger partial charge in [0.2, 0.25) is 5.13 Å². The van der Waals surface area contributed by atoms with Crippen LogP contribution in [0.25, 0.3) is 10.6 Å². The topological polar surface area (TPSA) is 78.4 Å². The van der Waals surface area contributed by atoms with Crippen LogP contribution in [0, 0.1) is 5.92 Å². The first-order chi connectivity index (χ1) is 10.7. The van der Waals surface area contributed by atoms with Gasteiger partial charge in [-0.2, -0.15) is 11.3 Å². The van der Waals surface area contributed by atoms with Gasteiger partial charge in [-0.15, -0.1) is 10.2 Å². The van der Waals surface area contributed by atoms with Crippen molar-refractivity contribution in [2.75, 3.05) is 18.5 Å². The lowest BCUT2D eigenvalue weighted by atomic mass is 9.94. The van der Waals surface area contributed by atoms with Gasteiger partial charge in [0, 0.05) is 30.1 Å². The molecule has 2 atom stereocenters. The number of likely N-dealkylation sites (tertiary alicyclic amines) is 1. The Morgan fingerprint density at radius 3 is 3.09 bits per heavy atom. The van der Waals surface area contributed by atoms with Crippen molar-refractivity contribution in [3.8, 4) is 10.6 Å². The molecule has 0 aliphatic carbocycles. The minimum atomic E-state index is -0.168. The number of urea groups is 1. The molecule has 2 aromatic heterocycles. The highest BCUT2D eigenvalue weighted by Gasteiger charge is 2.29. The summed E-state index contributed by atoms with van der Waals surface area (Å²) in [5.41, 5.74) is 1.02. The molecule has 0 bridgehead atoms. The number of aromatic nitrogens is 2. The fraction of sp³-hybridized carbons (Fsp3) is 0.500. The summed E-state index contributed by atoms with van der Waals surface area (Å²) in [4.78, 5) is 14.2. The van der Waals surface area contributed by atoms with Crippen molar-refractivity contribution < 1.29 is 9.90 Å². The number of thiophene rings is 1. The number of hydrogen-bond acceptors (Lipinski definition) is 6. The van der Waals surface area contributed by atoms with Crippen molar-refractivity contribution in [2.24, 2.45) is 5.92 Å². The molecule has 22 heavy (non-hydrogen) atoms. The number of piperidine rings is 1. The van der Waals surface area contributed by atoms with Crippen LogP contribution in [-0.2, 0) is 0 Å². The summed E-state index contributed by atoms with van der Waals surface area (Å²) in [7, 11) is 0. The van der Waals surface area contributed by atoms with Gasteiger partial charge in [0.25, 0.3) is 0 Å². The van der Waals surface area contributed by atoms with Gasteiger partial charge in [0.1, 0.15) is 5.01 Å². The van der Waals surface area contributed by atoms with Gasteiger partial charge in [0.15, 0.2) is 0 Å². The van der Waals surface area contributed by atoms with Crippen LogP contribution < -0.4 is 5.32 Å². The predicted octanol–water partition coefficient (Wildman–Crippen LogP) is 2.89. The number of anilines is 1. The first-order valence-electron chi connectivity index (χ1n) is 7.22. The molecule has 0 saturated carbocycles. The van der Waals surface area contributed by atoms with Gasteiger partial charge in [-0.25, -0.2) is 4.79 Å². The van der Waals surface area contributed by atoms with Crippen molar-refractivity contribution in [1.82, 2.24) is 15.1 Å². The molecule has 2 N–H and O–H groups in total. The van der Waals surface area contributed by atoms with Gasteiger partial charge < -0.3 is 10.0 Å². The van der Waals surface area contributed by atoms with Crippen LogP contribution in [0.15, 0.2) is 16.8 Å². The first kappa shape index (κ1) is 15.4. The summed E-state index contributed by atoms with van der Waals surface area (Å²) in [6.07, 6.45) is 1.87. The second-order valence-electron chi connectivity index (χ2n) is 5.48. The Morgan fingerprint density at radius 2 is 2.36 bits per heavy atom. The number of aliphatic hydroxyl groups is 1. The van der Waals surface area contributed by atoms with Crippen LogP contribution in [0.3, 0.4) is 0 Å². The van der Waals surface area contributed by atoms with E-state index in [2.05, 4.69) is 15.5 Å². The molecule has 1 aliphatic rings. The maximum atomic E-state index is 12.4. The third-order valence-corrected chi connectivity index (χ3v) is 5.48. The maximum Gasteiger partial charge on any atom is 0.323 e. The zero-order chi connectivity index (χ0) is 15.5. The van der Waals surface area contributed by atoms with E-state index < -0.39 is 0 Å². The molecular formula is C14H18N4O2S2. The molecule has 1 saturated heterocycles. The van der Waals surface area contributed by atoms with E-state index in [0.717, 1.165) is 23.4 Å². The zero-order valence-corrected chi connectivity index (χ0v) is 13.9. The minimum Gasteiger partial charge on any atom is -0.396 e. The summed E-state index contributed by atoms with van der Waals surface area (Å²) in [6.45, 7) is 2.74. The fourth-order valence-electron chi connectivity index (χ4n) is 2.55. The Kier molecular flexibility index (Phi) is 4.70. The third-order valence-electron chi connectivity index (χ3n) is 3.91. The Bertz CT molecular complexity index is 629. The van der Waals surface area contributed by atoms with E-state index in [1.54, 1.807) is 16.2 Å². The van der Waals surface area contributed by atoms with E-state index in [9.17, 15) is 9.90 Å². The Balaban J connectivity index is 1.66. The van der Waals surface area contributed by atoms with Crippen molar-refractivity contribution in [1.29, 1.82) is 0 Å². The summed E-state index contributed by atoms with van der Waals surface area (Å²) in [6, 6.07) is 1.99. The van der Waals surface area contributed by atoms with Gasteiger partial charge >= 0.3 is 6.03 Å². The van der Waals surface area contributed by atoms with Gasteiger partial charge in [-0.05, 0) is 37.1 Å². The molecule has 118 valence electrons. The van der Waals surface area contributed by atoms with Crippen LogP contribution in [0.5, 0.6) is 0 Å². The number of aliphatic hydroxyl groups excluding tert-OH is 1. The molecule has 0 aromatic carbocycles. The van der Waals surface area contributed by atoms with Gasteiger partial charge in [0.05, 0.1) is 0 Å². The number of rotatable bonds is 3. The second-order valence-corrected chi connectivity index (χ2v) is 7.24. The molecular weight excluding hydrogens is 320 g/mol. The largest absolute Gasteiger partial charge is 0.396 e. The monoisotopic (exact) mass is 338 g/mol. The number of carbonyl (C=O) groups excluding carboxylic acids is 1. The standard InChI is InChI=1S/C14H18N4O2S2/c1-9-2-3-10(7-19)6-18(9)14(20)15-13-17-16-12(22-13)11-4-5-21-8-11/h4-5,8-10,19H,2-3,6-7H2,1H3,(H,15,17,20). The minimum absolute atomic E-state index is 0.123. The lowest BCUT2D eigenvalue weighted by Gasteiger charge is -2.37. The van der Waals surface area contributed by atoms with Crippen molar-refractivity contribution in [3.63, 3.8) is 0 Å². The molecule has 0 radical (unpaired) electrons. The fourth-order valence-corrected chi connectivity index (χ4v) is 4.00. The van der Waals surface area contributed by atoms with Crippen molar-refractivity contribution in [3.05, 3.63) is 16.8 Å². The number of hydrogen-bond donors (Lipinski definition) is 2. The van der Waals surface area contributed by atoms with Crippen molar-refractivity contribution in [2.45, 2.75) is 25.8 Å². The molecule has 1 aliphatic heterocycles. The van der Waals surface area contributed by atoms with E-state index in [4.69, 9.17) is 0 Å². The van der Waals surface area contributed by atoms with E-state index in [1.165, 1.54) is 11.3 Å². The quantitative estimate of drug-likeness (QED) is 0.902. The summed E-state index contributed by atoms with van der Waals surface area (Å²) < 4.78 is 0. The predicted molar refractivity (Wildman–Crippen MR) is 88.2 cm³/mol. The van der Waals surface area contributed by atoms with E-state index in [-0.39, 0.29) is 24.6 Å². The average Bonchev–Trinajstić information content (AvgIpc) is 3.18. The molecule has 2 aromatic rings. The molecule has 1 fully saturated rings. The number of nitrogens with one attached hydrogen (secondary N) is 1. The highest BCUT2D eigenvalue weighted by molar-refractivity contribution is 7.19. The van der Waals surface area contributed by atoms with Gasteiger partial charge in [-0.3, -0.25) is 5.32 Å². The Hall–Kier alpha value is -1.51. The van der Waals surface area contributed by atoms with Crippen LogP contribution in [0.1, 0.15) is 19.8 Å². The van der Waals surface area contributed by atoms with E-state index >= 15 is 0 Å². The second kappa shape index (κ2) is 6.72. The summed E-state index contributed by atoms with van der Waals surface area (Å²) >= 11 is 2.97. The van der Waals surface area contributed by atoms with Crippen LogP contribution in [-0.4, -0.2) is 45.4 Å². The molecule has 2 amide bonds. The number of carbonyl (C=O) groups is 1. The molecule has 6 nitrogen and oxygen atoms in total. The lowest BCUT2D eigenvalue weighted by molar-refractivity contribution is 0.107. The highest BCUT2D eigenvalue weighted by Crippen LogP contribution is 2.28. The van der Waals surface area contributed by atoms with Gasteiger partial charge in [-0.1, -0.05) is 11.3 Å². The molecule has 0 spiro atoms. The summed E-state index contributed by atoms with van der Waals surface area (Å²) in [5, 5.41) is 25.6. The van der Waals surface area contributed by atoms with E-state index in [1.807, 2.05) is 23.8 Å². The van der Waals surface area contributed by atoms with Crippen molar-refractivity contribution >= 4 is 33.8 Å². The SMILES string of the molecule is CC1CCC(CO)CN1C(=O)Nc1nnc(-c2ccsc2)s1. The molecule has 8 heteroatoms. The average molecular weight is 338 g/mol. The molecule has 3 rings (SSSR count). The van der Waals surface area contributed by atoms with E-state index in [0.29, 0.717) is 11.7 Å². The number of nitrogens with zero attached hydrogens (tertiary/aromatic N) is 3. The smallest absolute Gasteiger partial charge is 0.323 e. The number of amides is 2. The zero-order valence-electron chi connectivity index (χ0n) is 12.2. The molecule has 2 unspecified atom stereocenters. The normalized spacial score (nSPS) is 21.8. The molecule has 3 heterocycles. The summed E-state index contributed by atoms with van der Waals surface area (Å²) in [5.74, 6) is 0.165. The third kappa shape index (κ3) is 3.29. The lowest BCUT2D eigenvalue weighted by Crippen LogP contribution is -2.48. The first-order valence-corrected chi connectivity index (χ1v) is 8.98. The Labute approximate surface area is 136 Å². The van der Waals surface area contributed by atoms with Crippen LogP contribution in [0.2, 0.25) is 0 Å². The van der Waals surface area contributed by atoms with Crippen LogP contribution in [0.4, 0.5) is 9.93 Å². The highest BCUT2D eigenvalue weighted by atomic mass is 32.1.